The maximum atomic E-state index is 5.74. The molecule has 2 rings (SSSR count). The van der Waals surface area contributed by atoms with Gasteiger partial charge in [0, 0.05) is 12.1 Å². The summed E-state index contributed by atoms with van der Waals surface area (Å²) in [7, 11) is 0. The largest absolute Gasteiger partial charge is 0.305 e. The maximum Gasteiger partial charge on any atom is 0.149 e. The van der Waals surface area contributed by atoms with Crippen LogP contribution >= 0.6 is 11.6 Å². The van der Waals surface area contributed by atoms with E-state index in [0.717, 1.165) is 11.4 Å². The summed E-state index contributed by atoms with van der Waals surface area (Å²) in [6, 6.07) is 0. The summed E-state index contributed by atoms with van der Waals surface area (Å²) in [4.78, 5) is 7.78. The minimum Gasteiger partial charge on any atom is -0.305 e. The lowest BCUT2D eigenvalue weighted by molar-refractivity contribution is 0.857. The molecule has 0 fully saturated rings. The molecule has 0 amide bonds. The lowest BCUT2D eigenvalue weighted by atomic mass is 10.3. The second-order valence-corrected chi connectivity index (χ2v) is 2.33. The van der Waals surface area contributed by atoms with Crippen molar-refractivity contribution in [3.05, 3.63) is 17.0 Å². The van der Waals surface area contributed by atoms with E-state index >= 15 is 0 Å². The lowest BCUT2D eigenvalue weighted by Crippen LogP contribution is -2.11. The normalized spacial score (nSPS) is 14.5. The highest BCUT2D eigenvalue weighted by molar-refractivity contribution is 6.30. The fraction of sp³-hybridized carbons (Fsp3) is 0.200. The number of hydrogen-bond acceptors (Lipinski definition) is 4. The van der Waals surface area contributed by atoms with Crippen LogP contribution < -0.4 is 10.9 Å². The van der Waals surface area contributed by atoms with Crippen molar-refractivity contribution in [1.82, 2.24) is 15.4 Å². The Hall–Kier alpha value is -0.870. The number of nitrogens with zero attached hydrogens (tertiary/aromatic N) is 2. The Morgan fingerprint density at radius 3 is 3.20 bits per heavy atom. The number of anilines is 1. The van der Waals surface area contributed by atoms with Gasteiger partial charge in [-0.1, -0.05) is 11.6 Å². The van der Waals surface area contributed by atoms with Gasteiger partial charge in [0.1, 0.15) is 17.3 Å². The molecule has 0 unspecified atom stereocenters. The molecule has 2 N–H and O–H groups in total. The molecule has 0 saturated carbocycles. The molecule has 0 bridgehead atoms. The molecule has 0 spiro atoms. The summed E-state index contributed by atoms with van der Waals surface area (Å²) >= 11 is 5.74. The van der Waals surface area contributed by atoms with E-state index in [-0.39, 0.29) is 0 Å². The molecule has 0 radical (unpaired) electrons. The van der Waals surface area contributed by atoms with Gasteiger partial charge in [0.25, 0.3) is 0 Å². The second-order valence-electron chi connectivity index (χ2n) is 1.97. The van der Waals surface area contributed by atoms with E-state index < -0.39 is 0 Å². The Morgan fingerprint density at radius 2 is 2.40 bits per heavy atom. The number of aromatic nitrogens is 2. The first-order valence-electron chi connectivity index (χ1n) is 2.86. The van der Waals surface area contributed by atoms with Crippen LogP contribution in [-0.2, 0) is 6.54 Å². The monoisotopic (exact) mass is 156 g/mol. The second kappa shape index (κ2) is 2.07. The van der Waals surface area contributed by atoms with Crippen LogP contribution in [0.3, 0.4) is 0 Å². The van der Waals surface area contributed by atoms with Crippen LogP contribution in [0.2, 0.25) is 5.15 Å². The van der Waals surface area contributed by atoms with Gasteiger partial charge in [-0.15, -0.1) is 0 Å². The first-order chi connectivity index (χ1) is 4.88. The topological polar surface area (TPSA) is 49.8 Å². The van der Waals surface area contributed by atoms with Gasteiger partial charge in [0.05, 0.1) is 0 Å². The standard InChI is InChI=1S/C5H5ClN4/c6-4-3-1-9-10-5(3)8-2-7-4/h2,9H,1H2,(H,7,8,10). The lowest BCUT2D eigenvalue weighted by Gasteiger charge is -1.95. The summed E-state index contributed by atoms with van der Waals surface area (Å²) in [5.41, 5.74) is 6.68. The first-order valence-corrected chi connectivity index (χ1v) is 3.24. The van der Waals surface area contributed by atoms with Gasteiger partial charge in [-0.2, -0.15) is 0 Å². The molecule has 0 aromatic carbocycles. The zero-order chi connectivity index (χ0) is 6.97. The number of halogens is 1. The van der Waals surface area contributed by atoms with Gasteiger partial charge in [0.15, 0.2) is 0 Å². The van der Waals surface area contributed by atoms with Crippen molar-refractivity contribution < 1.29 is 0 Å². The number of nitrogens with one attached hydrogen (secondary N) is 2. The van der Waals surface area contributed by atoms with Gasteiger partial charge in [0.2, 0.25) is 0 Å². The minimum atomic E-state index is 0.516. The minimum absolute atomic E-state index is 0.516. The first kappa shape index (κ1) is 5.88. The average Bonchev–Trinajstić information content (AvgIpc) is 2.36. The van der Waals surface area contributed by atoms with Crippen LogP contribution in [0.15, 0.2) is 6.33 Å². The summed E-state index contributed by atoms with van der Waals surface area (Å²) in [6.45, 7) is 0.689. The van der Waals surface area contributed by atoms with Crippen LogP contribution in [0, 0.1) is 0 Å². The molecule has 10 heavy (non-hydrogen) atoms. The molecular formula is C5H5ClN4. The molecule has 1 aromatic heterocycles. The SMILES string of the molecule is Clc1ncnc2c1CNN2. The molecule has 1 aliphatic heterocycles. The fourth-order valence-electron chi connectivity index (χ4n) is 0.872. The zero-order valence-corrected chi connectivity index (χ0v) is 5.81. The Balaban J connectivity index is 2.59. The molecule has 5 heteroatoms. The molecule has 0 atom stereocenters. The van der Waals surface area contributed by atoms with E-state index in [9.17, 15) is 0 Å². The number of hydrogen-bond donors (Lipinski definition) is 2. The number of fused-ring (bicyclic) bond motifs is 1. The van der Waals surface area contributed by atoms with E-state index in [4.69, 9.17) is 11.6 Å². The van der Waals surface area contributed by atoms with E-state index in [1.165, 1.54) is 6.33 Å². The molecule has 0 saturated heterocycles. The summed E-state index contributed by atoms with van der Waals surface area (Å²) in [5.74, 6) is 0.778. The molecule has 0 aliphatic carbocycles. The third-order valence-corrected chi connectivity index (χ3v) is 1.69. The Morgan fingerprint density at radius 1 is 1.50 bits per heavy atom. The molecular weight excluding hydrogens is 152 g/mol. The van der Waals surface area contributed by atoms with Gasteiger partial charge in [-0.25, -0.2) is 15.4 Å². The Bertz CT molecular complexity index is 262. The molecule has 1 aliphatic rings. The summed E-state index contributed by atoms with van der Waals surface area (Å²) < 4.78 is 0. The predicted molar refractivity (Wildman–Crippen MR) is 37.5 cm³/mol. The van der Waals surface area contributed by atoms with Crippen molar-refractivity contribution in [2.45, 2.75) is 6.54 Å². The highest BCUT2D eigenvalue weighted by Gasteiger charge is 2.13. The van der Waals surface area contributed by atoms with E-state index in [1.54, 1.807) is 0 Å². The maximum absolute atomic E-state index is 5.74. The average molecular weight is 157 g/mol. The number of rotatable bonds is 0. The van der Waals surface area contributed by atoms with Crippen LogP contribution in [-0.4, -0.2) is 9.97 Å². The van der Waals surface area contributed by atoms with E-state index in [2.05, 4.69) is 20.8 Å². The molecule has 1 aromatic rings. The highest BCUT2D eigenvalue weighted by Crippen LogP contribution is 2.21. The highest BCUT2D eigenvalue weighted by atomic mass is 35.5. The number of hydrazine groups is 1. The van der Waals surface area contributed by atoms with E-state index in [0.29, 0.717) is 11.7 Å². The Labute approximate surface area is 62.6 Å². The van der Waals surface area contributed by atoms with Crippen molar-refractivity contribution in [3.8, 4) is 0 Å². The summed E-state index contributed by atoms with van der Waals surface area (Å²) in [6.07, 6.45) is 1.43. The molecule has 52 valence electrons. The van der Waals surface area contributed by atoms with Crippen molar-refractivity contribution in [3.63, 3.8) is 0 Å². The van der Waals surface area contributed by atoms with Gasteiger partial charge < -0.3 is 5.43 Å². The van der Waals surface area contributed by atoms with E-state index in [1.807, 2.05) is 0 Å². The van der Waals surface area contributed by atoms with Crippen molar-refractivity contribution >= 4 is 17.4 Å². The van der Waals surface area contributed by atoms with Crippen molar-refractivity contribution in [1.29, 1.82) is 0 Å². The van der Waals surface area contributed by atoms with Crippen molar-refractivity contribution in [2.75, 3.05) is 5.43 Å². The smallest absolute Gasteiger partial charge is 0.149 e. The third kappa shape index (κ3) is 0.732. The third-order valence-electron chi connectivity index (χ3n) is 1.36. The fourth-order valence-corrected chi connectivity index (χ4v) is 1.07. The van der Waals surface area contributed by atoms with Crippen LogP contribution in [0.1, 0.15) is 5.56 Å². The summed E-state index contributed by atoms with van der Waals surface area (Å²) in [5, 5.41) is 0.516. The molecule has 4 nitrogen and oxygen atoms in total. The van der Waals surface area contributed by atoms with Gasteiger partial charge >= 0.3 is 0 Å². The molecule has 2 heterocycles. The van der Waals surface area contributed by atoms with Crippen LogP contribution in [0.5, 0.6) is 0 Å². The van der Waals surface area contributed by atoms with Crippen molar-refractivity contribution in [2.24, 2.45) is 0 Å². The van der Waals surface area contributed by atoms with Crippen LogP contribution in [0.25, 0.3) is 0 Å². The van der Waals surface area contributed by atoms with Crippen LogP contribution in [0.4, 0.5) is 5.82 Å². The predicted octanol–water partition coefficient (Wildman–Crippen LogP) is 0.560. The van der Waals surface area contributed by atoms with Gasteiger partial charge in [-0.3, -0.25) is 0 Å². The quantitative estimate of drug-likeness (QED) is 0.539. The zero-order valence-electron chi connectivity index (χ0n) is 5.06. The van der Waals surface area contributed by atoms with Gasteiger partial charge in [-0.05, 0) is 0 Å². The Kier molecular flexibility index (Phi) is 1.22.